The number of benzene rings is 1. The van der Waals surface area contributed by atoms with Gasteiger partial charge in [0, 0.05) is 30.2 Å². The fourth-order valence-corrected chi connectivity index (χ4v) is 5.82. The quantitative estimate of drug-likeness (QED) is 0.738. The van der Waals surface area contributed by atoms with Gasteiger partial charge in [-0.3, -0.25) is 5.10 Å². The zero-order valence-electron chi connectivity index (χ0n) is 15.1. The number of hydrogen-bond acceptors (Lipinski definition) is 3. The highest BCUT2D eigenvalue weighted by molar-refractivity contribution is 7.89. The third-order valence-electron chi connectivity index (χ3n) is 5.42. The molecule has 138 valence electrons. The first-order chi connectivity index (χ1) is 12.5. The lowest BCUT2D eigenvalue weighted by Crippen LogP contribution is -2.39. The number of fused-ring (bicyclic) bond motifs is 1. The molecule has 7 heteroatoms. The number of hydrogen-bond donors (Lipinski definition) is 2. The van der Waals surface area contributed by atoms with Crippen LogP contribution in [0.25, 0.3) is 10.9 Å². The maximum absolute atomic E-state index is 12.9. The number of aromatic amines is 2. The largest absolute Gasteiger partial charge is 0.361 e. The number of rotatable bonds is 4. The Balaban J connectivity index is 1.46. The lowest BCUT2D eigenvalue weighted by atomic mass is 9.91. The summed E-state index contributed by atoms with van der Waals surface area (Å²) in [6.45, 7) is 4.63. The highest BCUT2D eigenvalue weighted by Gasteiger charge is 2.32. The van der Waals surface area contributed by atoms with Crippen molar-refractivity contribution in [1.29, 1.82) is 0 Å². The van der Waals surface area contributed by atoms with Gasteiger partial charge in [-0.25, -0.2) is 8.42 Å². The smallest absolute Gasteiger partial charge is 0.246 e. The van der Waals surface area contributed by atoms with E-state index in [0.29, 0.717) is 35.3 Å². The van der Waals surface area contributed by atoms with Crippen molar-refractivity contribution in [3.63, 3.8) is 0 Å². The summed E-state index contributed by atoms with van der Waals surface area (Å²) in [4.78, 5) is 3.67. The highest BCUT2D eigenvalue weighted by atomic mass is 32.2. The molecule has 1 fully saturated rings. The second-order valence-electron chi connectivity index (χ2n) is 7.17. The van der Waals surface area contributed by atoms with E-state index in [1.165, 1.54) is 10.9 Å². The lowest BCUT2D eigenvalue weighted by molar-refractivity contribution is 0.273. The Bertz CT molecular complexity index is 1010. The molecule has 1 saturated heterocycles. The molecule has 3 heterocycles. The predicted octanol–water partition coefficient (Wildman–Crippen LogP) is 3.15. The number of H-pyrrole nitrogens is 2. The fraction of sp³-hybridized carbons (Fsp3) is 0.421. The SMILES string of the molecule is Cc1n[nH]c(C)c1S(=O)(=O)N1CCC(Cc2c[nH]c3ccccc23)CC1. The van der Waals surface area contributed by atoms with Crippen LogP contribution in [0.2, 0.25) is 0 Å². The van der Waals surface area contributed by atoms with Crippen molar-refractivity contribution in [2.75, 3.05) is 13.1 Å². The van der Waals surface area contributed by atoms with Gasteiger partial charge >= 0.3 is 0 Å². The average Bonchev–Trinajstić information content (AvgIpc) is 3.19. The summed E-state index contributed by atoms with van der Waals surface area (Å²) >= 11 is 0. The van der Waals surface area contributed by atoms with Crippen LogP contribution in [-0.4, -0.2) is 41.0 Å². The van der Waals surface area contributed by atoms with Gasteiger partial charge in [-0.05, 0) is 50.7 Å². The monoisotopic (exact) mass is 372 g/mol. The molecule has 1 aromatic carbocycles. The van der Waals surface area contributed by atoms with Crippen LogP contribution in [0.5, 0.6) is 0 Å². The highest BCUT2D eigenvalue weighted by Crippen LogP contribution is 2.30. The summed E-state index contributed by atoms with van der Waals surface area (Å²) in [5.41, 5.74) is 3.64. The summed E-state index contributed by atoms with van der Waals surface area (Å²) in [6, 6.07) is 8.32. The Labute approximate surface area is 153 Å². The number of aromatic nitrogens is 3. The van der Waals surface area contributed by atoms with Crippen LogP contribution in [0.4, 0.5) is 0 Å². The summed E-state index contributed by atoms with van der Waals surface area (Å²) in [6.07, 6.45) is 4.84. The Kier molecular flexibility index (Phi) is 4.36. The van der Waals surface area contributed by atoms with E-state index in [0.717, 1.165) is 24.8 Å². The minimum atomic E-state index is -3.47. The number of piperidine rings is 1. The summed E-state index contributed by atoms with van der Waals surface area (Å²) in [7, 11) is -3.47. The molecule has 0 radical (unpaired) electrons. The first kappa shape index (κ1) is 17.3. The van der Waals surface area contributed by atoms with Gasteiger partial charge in [0.1, 0.15) is 4.90 Å². The molecular formula is C19H24N4O2S. The molecule has 0 bridgehead atoms. The second kappa shape index (κ2) is 6.55. The Morgan fingerprint density at radius 1 is 1.19 bits per heavy atom. The van der Waals surface area contributed by atoms with E-state index >= 15 is 0 Å². The van der Waals surface area contributed by atoms with E-state index in [2.05, 4.69) is 39.6 Å². The van der Waals surface area contributed by atoms with Gasteiger partial charge in [0.05, 0.1) is 11.4 Å². The molecule has 1 aliphatic rings. The van der Waals surface area contributed by atoms with Gasteiger partial charge in [-0.15, -0.1) is 0 Å². The van der Waals surface area contributed by atoms with Crippen LogP contribution in [0.15, 0.2) is 35.4 Å². The van der Waals surface area contributed by atoms with E-state index in [-0.39, 0.29) is 0 Å². The van der Waals surface area contributed by atoms with Crippen LogP contribution < -0.4 is 0 Å². The maximum atomic E-state index is 12.9. The Morgan fingerprint density at radius 2 is 1.92 bits per heavy atom. The first-order valence-corrected chi connectivity index (χ1v) is 10.5. The molecule has 26 heavy (non-hydrogen) atoms. The molecule has 0 aliphatic carbocycles. The fourth-order valence-electron chi connectivity index (χ4n) is 4.02. The molecule has 0 atom stereocenters. The molecule has 2 aromatic heterocycles. The van der Waals surface area contributed by atoms with Crippen molar-refractivity contribution in [1.82, 2.24) is 19.5 Å². The number of nitrogens with zero attached hydrogens (tertiary/aromatic N) is 2. The third-order valence-corrected chi connectivity index (χ3v) is 7.58. The number of para-hydroxylation sites is 1. The van der Waals surface area contributed by atoms with Gasteiger partial charge in [-0.2, -0.15) is 9.40 Å². The van der Waals surface area contributed by atoms with Crippen molar-refractivity contribution >= 4 is 20.9 Å². The molecule has 6 nitrogen and oxygen atoms in total. The Hall–Kier alpha value is -2.12. The minimum Gasteiger partial charge on any atom is -0.361 e. The number of sulfonamides is 1. The Morgan fingerprint density at radius 3 is 2.62 bits per heavy atom. The van der Waals surface area contributed by atoms with Crippen LogP contribution in [0.1, 0.15) is 29.8 Å². The normalized spacial score (nSPS) is 17.2. The van der Waals surface area contributed by atoms with Gasteiger partial charge in [0.25, 0.3) is 0 Å². The standard InChI is InChI=1S/C19H24N4O2S/c1-13-19(14(2)22-21-13)26(24,25)23-9-7-15(8-10-23)11-16-12-20-18-6-4-3-5-17(16)18/h3-6,12,15,20H,7-11H2,1-2H3,(H,21,22). The van der Waals surface area contributed by atoms with Crippen LogP contribution in [-0.2, 0) is 16.4 Å². The lowest BCUT2D eigenvalue weighted by Gasteiger charge is -2.31. The number of nitrogens with one attached hydrogen (secondary N) is 2. The van der Waals surface area contributed by atoms with Gasteiger partial charge in [0.2, 0.25) is 10.0 Å². The molecule has 0 saturated carbocycles. The van der Waals surface area contributed by atoms with E-state index in [9.17, 15) is 8.42 Å². The van der Waals surface area contributed by atoms with Gasteiger partial charge in [0.15, 0.2) is 0 Å². The van der Waals surface area contributed by atoms with E-state index in [1.807, 2.05) is 6.07 Å². The van der Waals surface area contributed by atoms with Gasteiger partial charge in [-0.1, -0.05) is 18.2 Å². The summed E-state index contributed by atoms with van der Waals surface area (Å²) < 4.78 is 27.5. The third kappa shape index (κ3) is 2.95. The van der Waals surface area contributed by atoms with E-state index in [4.69, 9.17) is 0 Å². The zero-order valence-corrected chi connectivity index (χ0v) is 15.9. The zero-order chi connectivity index (χ0) is 18.3. The van der Waals surface area contributed by atoms with Crippen LogP contribution in [0, 0.1) is 19.8 Å². The topological polar surface area (TPSA) is 81.8 Å². The van der Waals surface area contributed by atoms with Gasteiger partial charge < -0.3 is 4.98 Å². The summed E-state index contributed by atoms with van der Waals surface area (Å²) in [5, 5.41) is 8.09. The molecular weight excluding hydrogens is 348 g/mol. The maximum Gasteiger partial charge on any atom is 0.246 e. The van der Waals surface area contributed by atoms with Crippen molar-refractivity contribution in [2.45, 2.75) is 38.0 Å². The molecule has 1 aliphatic heterocycles. The first-order valence-electron chi connectivity index (χ1n) is 9.03. The molecule has 0 amide bonds. The van der Waals surface area contributed by atoms with Crippen molar-refractivity contribution in [3.05, 3.63) is 47.4 Å². The van der Waals surface area contributed by atoms with E-state index < -0.39 is 10.0 Å². The summed E-state index contributed by atoms with van der Waals surface area (Å²) in [5.74, 6) is 0.507. The molecule has 0 unspecified atom stereocenters. The van der Waals surface area contributed by atoms with E-state index in [1.54, 1.807) is 18.2 Å². The van der Waals surface area contributed by atoms with Crippen molar-refractivity contribution in [2.24, 2.45) is 5.92 Å². The number of aryl methyl sites for hydroxylation is 2. The van der Waals surface area contributed by atoms with Crippen molar-refractivity contribution < 1.29 is 8.42 Å². The minimum absolute atomic E-state index is 0.340. The molecule has 3 aromatic rings. The molecule has 4 rings (SSSR count). The van der Waals surface area contributed by atoms with Crippen LogP contribution in [0.3, 0.4) is 0 Å². The van der Waals surface area contributed by atoms with Crippen molar-refractivity contribution in [3.8, 4) is 0 Å². The van der Waals surface area contributed by atoms with Crippen LogP contribution >= 0.6 is 0 Å². The average molecular weight is 372 g/mol. The second-order valence-corrected chi connectivity index (χ2v) is 9.05. The predicted molar refractivity (Wildman–Crippen MR) is 102 cm³/mol. The molecule has 0 spiro atoms. The molecule has 2 N–H and O–H groups in total.